The van der Waals surface area contributed by atoms with Crippen LogP contribution in [-0.2, 0) is 16.3 Å². The Balaban J connectivity index is 3.15. The standard InChI is InChI=1S/C13H19Cl2NO2S/c1-13(2,19(4,17)18)12(16-3)8-9-10(14)6-5-7-11(9)15/h5-7,12,16H,8H2,1-4H3. The molecule has 0 bridgehead atoms. The lowest BCUT2D eigenvalue weighted by atomic mass is 9.95. The lowest BCUT2D eigenvalue weighted by Crippen LogP contribution is -2.51. The van der Waals surface area contributed by atoms with Crippen LogP contribution in [0.15, 0.2) is 18.2 Å². The monoisotopic (exact) mass is 323 g/mol. The molecule has 1 atom stereocenters. The van der Waals surface area contributed by atoms with Crippen LogP contribution in [0.2, 0.25) is 10.0 Å². The minimum atomic E-state index is -3.21. The van der Waals surface area contributed by atoms with Crippen molar-refractivity contribution in [2.24, 2.45) is 0 Å². The Kier molecular flexibility index (Phi) is 5.29. The van der Waals surface area contributed by atoms with Crippen molar-refractivity contribution < 1.29 is 8.42 Å². The van der Waals surface area contributed by atoms with Gasteiger partial charge in [0, 0.05) is 22.3 Å². The van der Waals surface area contributed by atoms with Crippen LogP contribution in [0.5, 0.6) is 0 Å². The maximum atomic E-state index is 11.9. The van der Waals surface area contributed by atoms with E-state index >= 15 is 0 Å². The topological polar surface area (TPSA) is 46.2 Å². The van der Waals surface area contributed by atoms with E-state index in [-0.39, 0.29) is 6.04 Å². The first-order valence-corrected chi connectivity index (χ1v) is 8.55. The minimum Gasteiger partial charge on any atom is -0.315 e. The second kappa shape index (κ2) is 6.00. The summed E-state index contributed by atoms with van der Waals surface area (Å²) in [6, 6.07) is 5.00. The van der Waals surface area contributed by atoms with Crippen LogP contribution in [0.3, 0.4) is 0 Å². The van der Waals surface area contributed by atoms with Gasteiger partial charge in [0.15, 0.2) is 9.84 Å². The smallest absolute Gasteiger partial charge is 0.154 e. The van der Waals surface area contributed by atoms with Gasteiger partial charge in [0.05, 0.1) is 4.75 Å². The molecule has 0 saturated carbocycles. The first kappa shape index (κ1) is 16.8. The van der Waals surface area contributed by atoms with Gasteiger partial charge in [0.25, 0.3) is 0 Å². The molecule has 0 aromatic heterocycles. The van der Waals surface area contributed by atoms with E-state index in [4.69, 9.17) is 23.2 Å². The van der Waals surface area contributed by atoms with Crippen LogP contribution < -0.4 is 5.32 Å². The third-order valence-corrected chi connectivity index (χ3v) is 6.52. The second-order valence-corrected chi connectivity index (χ2v) is 8.53. The van der Waals surface area contributed by atoms with E-state index in [1.165, 1.54) is 6.26 Å². The maximum absolute atomic E-state index is 11.9. The maximum Gasteiger partial charge on any atom is 0.154 e. The van der Waals surface area contributed by atoms with E-state index in [1.54, 1.807) is 39.1 Å². The van der Waals surface area contributed by atoms with Crippen LogP contribution in [-0.4, -0.2) is 32.5 Å². The van der Waals surface area contributed by atoms with Crippen LogP contribution in [0.4, 0.5) is 0 Å². The van der Waals surface area contributed by atoms with Crippen molar-refractivity contribution in [2.75, 3.05) is 13.3 Å². The van der Waals surface area contributed by atoms with Gasteiger partial charge < -0.3 is 5.32 Å². The third-order valence-electron chi connectivity index (χ3n) is 3.61. The largest absolute Gasteiger partial charge is 0.315 e. The molecule has 0 heterocycles. The van der Waals surface area contributed by atoms with E-state index in [0.29, 0.717) is 16.5 Å². The lowest BCUT2D eigenvalue weighted by Gasteiger charge is -2.33. The molecule has 0 amide bonds. The van der Waals surface area contributed by atoms with Crippen molar-refractivity contribution in [3.63, 3.8) is 0 Å². The zero-order valence-corrected chi connectivity index (χ0v) is 13.8. The summed E-state index contributed by atoms with van der Waals surface area (Å²) in [7, 11) is -1.47. The van der Waals surface area contributed by atoms with Crippen molar-refractivity contribution >= 4 is 33.0 Å². The molecule has 1 aromatic rings. The van der Waals surface area contributed by atoms with E-state index in [9.17, 15) is 8.42 Å². The zero-order chi connectivity index (χ0) is 14.8. The zero-order valence-electron chi connectivity index (χ0n) is 11.5. The molecule has 0 aliphatic heterocycles. The quantitative estimate of drug-likeness (QED) is 0.906. The highest BCUT2D eigenvalue weighted by Crippen LogP contribution is 2.29. The average Bonchev–Trinajstić information content (AvgIpc) is 2.26. The summed E-state index contributed by atoms with van der Waals surface area (Å²) in [5.41, 5.74) is 0.766. The number of hydrogen-bond acceptors (Lipinski definition) is 3. The number of sulfone groups is 1. The summed E-state index contributed by atoms with van der Waals surface area (Å²) in [6.07, 6.45) is 1.70. The van der Waals surface area contributed by atoms with E-state index in [1.807, 2.05) is 0 Å². The van der Waals surface area contributed by atoms with Crippen LogP contribution in [0.25, 0.3) is 0 Å². The first-order chi connectivity index (χ1) is 8.61. The predicted molar refractivity (Wildman–Crippen MR) is 81.9 cm³/mol. The molecule has 0 saturated heterocycles. The normalized spacial score (nSPS) is 14.4. The molecular formula is C13H19Cl2NO2S. The Bertz CT molecular complexity index is 536. The number of hydrogen-bond donors (Lipinski definition) is 1. The number of benzene rings is 1. The van der Waals surface area contributed by atoms with E-state index in [2.05, 4.69) is 5.32 Å². The van der Waals surface area contributed by atoms with Gasteiger partial charge in [-0.2, -0.15) is 0 Å². The third kappa shape index (κ3) is 3.63. The molecule has 108 valence electrons. The highest BCUT2D eigenvalue weighted by molar-refractivity contribution is 7.92. The second-order valence-electron chi connectivity index (χ2n) is 5.12. The van der Waals surface area contributed by atoms with E-state index < -0.39 is 14.6 Å². The molecule has 0 spiro atoms. The number of nitrogens with one attached hydrogen (secondary N) is 1. The molecule has 6 heteroatoms. The van der Waals surface area contributed by atoms with Gasteiger partial charge in [-0.1, -0.05) is 29.3 Å². The highest BCUT2D eigenvalue weighted by Gasteiger charge is 2.38. The van der Waals surface area contributed by atoms with Gasteiger partial charge in [-0.25, -0.2) is 8.42 Å². The highest BCUT2D eigenvalue weighted by atomic mass is 35.5. The Morgan fingerprint density at radius 3 is 2.11 bits per heavy atom. The summed E-state index contributed by atoms with van der Waals surface area (Å²) in [4.78, 5) is 0. The fraction of sp³-hybridized carbons (Fsp3) is 0.538. The van der Waals surface area contributed by atoms with Crippen LogP contribution >= 0.6 is 23.2 Å². The summed E-state index contributed by atoms with van der Waals surface area (Å²) < 4.78 is 22.9. The molecule has 0 aliphatic rings. The van der Waals surface area contributed by atoms with Gasteiger partial charge in [-0.3, -0.25) is 0 Å². The minimum absolute atomic E-state index is 0.278. The Hall–Kier alpha value is -0.290. The molecule has 19 heavy (non-hydrogen) atoms. The molecule has 1 N–H and O–H groups in total. The SMILES string of the molecule is CNC(Cc1c(Cl)cccc1Cl)C(C)(C)S(C)(=O)=O. The van der Waals surface area contributed by atoms with Crippen molar-refractivity contribution in [1.82, 2.24) is 5.32 Å². The molecule has 0 fully saturated rings. The van der Waals surface area contributed by atoms with Gasteiger partial charge in [0.2, 0.25) is 0 Å². The van der Waals surface area contributed by atoms with Crippen molar-refractivity contribution in [1.29, 1.82) is 0 Å². The fourth-order valence-corrected chi connectivity index (χ4v) is 3.16. The Morgan fingerprint density at radius 1 is 1.26 bits per heavy atom. The van der Waals surface area contributed by atoms with Crippen molar-refractivity contribution in [3.05, 3.63) is 33.8 Å². The van der Waals surface area contributed by atoms with Crippen LogP contribution in [0.1, 0.15) is 19.4 Å². The van der Waals surface area contributed by atoms with Gasteiger partial charge >= 0.3 is 0 Å². The van der Waals surface area contributed by atoms with Crippen molar-refractivity contribution in [2.45, 2.75) is 31.1 Å². The Morgan fingerprint density at radius 2 is 1.74 bits per heavy atom. The summed E-state index contributed by atoms with van der Waals surface area (Å²) in [5, 5.41) is 4.16. The number of rotatable bonds is 5. The van der Waals surface area contributed by atoms with Gasteiger partial charge in [0.1, 0.15) is 0 Å². The number of halogens is 2. The first-order valence-electron chi connectivity index (χ1n) is 5.91. The molecule has 0 radical (unpaired) electrons. The predicted octanol–water partition coefficient (Wildman–Crippen LogP) is 2.95. The van der Waals surface area contributed by atoms with Crippen LogP contribution in [0, 0.1) is 0 Å². The summed E-state index contributed by atoms with van der Waals surface area (Å²) in [5.74, 6) is 0. The molecular weight excluding hydrogens is 305 g/mol. The van der Waals surface area contributed by atoms with Crippen molar-refractivity contribution in [3.8, 4) is 0 Å². The molecule has 1 aromatic carbocycles. The van der Waals surface area contributed by atoms with Gasteiger partial charge in [-0.05, 0) is 45.0 Å². The number of likely N-dealkylation sites (N-methyl/N-ethyl adjacent to an activating group) is 1. The molecule has 0 aliphatic carbocycles. The Labute approximate surface area is 125 Å². The molecule has 3 nitrogen and oxygen atoms in total. The van der Waals surface area contributed by atoms with Gasteiger partial charge in [-0.15, -0.1) is 0 Å². The molecule has 1 unspecified atom stereocenters. The summed E-state index contributed by atoms with van der Waals surface area (Å²) in [6.45, 7) is 3.41. The summed E-state index contributed by atoms with van der Waals surface area (Å²) >= 11 is 12.3. The average molecular weight is 324 g/mol. The lowest BCUT2D eigenvalue weighted by molar-refractivity contribution is 0.431. The fourth-order valence-electron chi connectivity index (χ4n) is 1.89. The molecule has 1 rings (SSSR count). The van der Waals surface area contributed by atoms with E-state index in [0.717, 1.165) is 5.56 Å².